The van der Waals surface area contributed by atoms with E-state index in [2.05, 4.69) is 15.4 Å². The second-order valence-corrected chi connectivity index (χ2v) is 4.92. The molecule has 0 saturated carbocycles. The lowest BCUT2D eigenvalue weighted by Gasteiger charge is -2.17. The summed E-state index contributed by atoms with van der Waals surface area (Å²) < 4.78 is 2.04. The Morgan fingerprint density at radius 3 is 3.19 bits per heavy atom. The van der Waals surface area contributed by atoms with E-state index >= 15 is 0 Å². The lowest BCUT2D eigenvalue weighted by molar-refractivity contribution is 0.431. The molecule has 3 heterocycles. The second kappa shape index (κ2) is 4.14. The zero-order valence-corrected chi connectivity index (χ0v) is 9.52. The van der Waals surface area contributed by atoms with Gasteiger partial charge in [-0.05, 0) is 25.8 Å². The Kier molecular flexibility index (Phi) is 2.65. The summed E-state index contributed by atoms with van der Waals surface area (Å²) in [7, 11) is 0. The van der Waals surface area contributed by atoms with Crippen molar-refractivity contribution in [3.63, 3.8) is 0 Å². The van der Waals surface area contributed by atoms with Gasteiger partial charge in [-0.25, -0.2) is 9.67 Å². The molecule has 5 heteroatoms. The van der Waals surface area contributed by atoms with Crippen LogP contribution in [0.5, 0.6) is 0 Å². The molecule has 88 valence electrons. The second-order valence-electron chi connectivity index (χ2n) is 4.92. The van der Waals surface area contributed by atoms with Crippen LogP contribution in [-0.4, -0.2) is 33.4 Å². The van der Waals surface area contributed by atoms with Crippen LogP contribution in [0.15, 0.2) is 0 Å². The van der Waals surface area contributed by atoms with Crippen LogP contribution in [0.1, 0.15) is 30.9 Å². The third-order valence-electron chi connectivity index (χ3n) is 3.54. The molecule has 0 amide bonds. The molecule has 0 radical (unpaired) electrons. The summed E-state index contributed by atoms with van der Waals surface area (Å²) in [5.41, 5.74) is 5.93. The number of aromatic nitrogens is 3. The van der Waals surface area contributed by atoms with Gasteiger partial charge >= 0.3 is 0 Å². The first-order chi connectivity index (χ1) is 7.81. The Hall–Kier alpha value is -0.940. The van der Waals surface area contributed by atoms with Crippen molar-refractivity contribution in [3.8, 4) is 0 Å². The minimum atomic E-state index is 0.272. The minimum absolute atomic E-state index is 0.272. The maximum absolute atomic E-state index is 5.93. The van der Waals surface area contributed by atoms with Crippen molar-refractivity contribution in [2.45, 2.75) is 50.7 Å². The van der Waals surface area contributed by atoms with Crippen LogP contribution in [0.4, 0.5) is 0 Å². The highest BCUT2D eigenvalue weighted by molar-refractivity contribution is 5.00. The highest BCUT2D eigenvalue weighted by atomic mass is 15.4. The van der Waals surface area contributed by atoms with Gasteiger partial charge in [0.05, 0.1) is 0 Å². The first-order valence-corrected chi connectivity index (χ1v) is 6.23. The van der Waals surface area contributed by atoms with Gasteiger partial charge < -0.3 is 11.1 Å². The molecular formula is C11H19N5. The predicted octanol–water partition coefficient (Wildman–Crippen LogP) is -0.154. The van der Waals surface area contributed by atoms with Crippen LogP contribution in [0.25, 0.3) is 0 Å². The molecule has 16 heavy (non-hydrogen) atoms. The fraction of sp³-hybridized carbons (Fsp3) is 0.818. The average Bonchev–Trinajstić information content (AvgIpc) is 2.86. The van der Waals surface area contributed by atoms with Gasteiger partial charge in [-0.3, -0.25) is 0 Å². The molecule has 0 bridgehead atoms. The van der Waals surface area contributed by atoms with E-state index in [1.165, 1.54) is 12.8 Å². The molecule has 2 aliphatic heterocycles. The van der Waals surface area contributed by atoms with Gasteiger partial charge in [0.2, 0.25) is 0 Å². The van der Waals surface area contributed by atoms with E-state index in [9.17, 15) is 0 Å². The normalized spacial score (nSPS) is 29.3. The highest BCUT2D eigenvalue weighted by Crippen LogP contribution is 2.14. The number of hydrogen-bond acceptors (Lipinski definition) is 4. The number of aryl methyl sites for hydroxylation is 1. The topological polar surface area (TPSA) is 68.8 Å². The Balaban J connectivity index is 1.71. The van der Waals surface area contributed by atoms with Crippen molar-refractivity contribution < 1.29 is 0 Å². The number of nitrogens with zero attached hydrogens (tertiary/aromatic N) is 3. The summed E-state index contributed by atoms with van der Waals surface area (Å²) in [6.07, 6.45) is 5.41. The molecule has 3 rings (SSSR count). The molecule has 1 saturated heterocycles. The molecule has 5 nitrogen and oxygen atoms in total. The molecule has 0 aliphatic carbocycles. The van der Waals surface area contributed by atoms with Crippen molar-refractivity contribution >= 4 is 0 Å². The maximum atomic E-state index is 5.93. The van der Waals surface area contributed by atoms with Crippen LogP contribution < -0.4 is 11.1 Å². The number of hydrogen-bond donors (Lipinski definition) is 2. The quantitative estimate of drug-likeness (QED) is 0.728. The molecule has 2 aliphatic rings. The van der Waals surface area contributed by atoms with Crippen LogP contribution in [0, 0.1) is 0 Å². The van der Waals surface area contributed by atoms with Crippen LogP contribution in [-0.2, 0) is 19.4 Å². The van der Waals surface area contributed by atoms with Gasteiger partial charge in [-0.2, -0.15) is 5.10 Å². The van der Waals surface area contributed by atoms with Gasteiger partial charge in [0.1, 0.15) is 5.82 Å². The van der Waals surface area contributed by atoms with Gasteiger partial charge in [0.15, 0.2) is 5.82 Å². The Bertz CT molecular complexity index is 366. The highest BCUT2D eigenvalue weighted by Gasteiger charge is 2.21. The third-order valence-corrected chi connectivity index (χ3v) is 3.54. The number of fused-ring (bicyclic) bond motifs is 1. The zero-order chi connectivity index (χ0) is 11.0. The van der Waals surface area contributed by atoms with E-state index in [0.29, 0.717) is 6.04 Å². The van der Waals surface area contributed by atoms with E-state index < -0.39 is 0 Å². The summed E-state index contributed by atoms with van der Waals surface area (Å²) in [5.74, 6) is 2.07. The van der Waals surface area contributed by atoms with Gasteiger partial charge in [0.25, 0.3) is 0 Å². The fourth-order valence-electron chi connectivity index (χ4n) is 2.62. The largest absolute Gasteiger partial charge is 0.327 e. The number of nitrogens with one attached hydrogen (secondary N) is 1. The van der Waals surface area contributed by atoms with Crippen LogP contribution in [0.3, 0.4) is 0 Å². The molecule has 1 aromatic rings. The van der Waals surface area contributed by atoms with E-state index in [4.69, 9.17) is 5.73 Å². The van der Waals surface area contributed by atoms with Gasteiger partial charge in [0, 0.05) is 31.5 Å². The molecule has 1 aromatic heterocycles. The summed E-state index contributed by atoms with van der Waals surface area (Å²) in [6.45, 7) is 2.07. The van der Waals surface area contributed by atoms with Crippen molar-refractivity contribution in [1.82, 2.24) is 20.1 Å². The van der Waals surface area contributed by atoms with Crippen molar-refractivity contribution in [2.75, 3.05) is 6.54 Å². The number of rotatable bonds is 2. The van der Waals surface area contributed by atoms with E-state index in [0.717, 1.165) is 44.0 Å². The summed E-state index contributed by atoms with van der Waals surface area (Å²) >= 11 is 0. The molecule has 0 spiro atoms. The summed E-state index contributed by atoms with van der Waals surface area (Å²) in [4.78, 5) is 4.60. The monoisotopic (exact) mass is 221 g/mol. The molecular weight excluding hydrogens is 202 g/mol. The average molecular weight is 221 g/mol. The lowest BCUT2D eigenvalue weighted by atomic mass is 10.1. The standard InChI is InChI=1S/C11H19N5/c12-8-3-5-16-11(6-8)14-10(15-16)7-9-2-1-4-13-9/h8-9,13H,1-7,12H2. The Labute approximate surface area is 95.4 Å². The first-order valence-electron chi connectivity index (χ1n) is 6.23. The van der Waals surface area contributed by atoms with Crippen LogP contribution in [0.2, 0.25) is 0 Å². The molecule has 0 aromatic carbocycles. The maximum Gasteiger partial charge on any atom is 0.152 e. The molecule has 2 unspecified atom stereocenters. The fourth-order valence-corrected chi connectivity index (χ4v) is 2.62. The minimum Gasteiger partial charge on any atom is -0.327 e. The van der Waals surface area contributed by atoms with Crippen molar-refractivity contribution in [1.29, 1.82) is 0 Å². The first kappa shape index (κ1) is 10.2. The summed E-state index contributed by atoms with van der Waals surface area (Å²) in [5, 5.41) is 8.04. The number of nitrogens with two attached hydrogens (primary N) is 1. The molecule has 3 N–H and O–H groups in total. The van der Waals surface area contributed by atoms with Gasteiger partial charge in [-0.15, -0.1) is 0 Å². The van der Waals surface area contributed by atoms with Crippen molar-refractivity contribution in [2.24, 2.45) is 5.73 Å². The Morgan fingerprint density at radius 1 is 1.44 bits per heavy atom. The van der Waals surface area contributed by atoms with Gasteiger partial charge in [-0.1, -0.05) is 0 Å². The zero-order valence-electron chi connectivity index (χ0n) is 9.52. The predicted molar refractivity (Wildman–Crippen MR) is 61.0 cm³/mol. The lowest BCUT2D eigenvalue weighted by Crippen LogP contribution is -2.31. The van der Waals surface area contributed by atoms with Crippen molar-refractivity contribution in [3.05, 3.63) is 11.6 Å². The third kappa shape index (κ3) is 1.97. The Morgan fingerprint density at radius 2 is 2.38 bits per heavy atom. The summed E-state index contributed by atoms with van der Waals surface area (Å²) in [6, 6.07) is 0.854. The SMILES string of the molecule is NC1CCn2nc(CC3CCCN3)nc2C1. The smallest absolute Gasteiger partial charge is 0.152 e. The van der Waals surface area contributed by atoms with E-state index in [-0.39, 0.29) is 6.04 Å². The molecule has 1 fully saturated rings. The van der Waals surface area contributed by atoms with E-state index in [1.807, 2.05) is 4.68 Å². The van der Waals surface area contributed by atoms with E-state index in [1.54, 1.807) is 0 Å². The van der Waals surface area contributed by atoms with Crippen LogP contribution >= 0.6 is 0 Å². The molecule has 2 atom stereocenters.